The molecule has 1 aromatic rings. The van der Waals surface area contributed by atoms with E-state index in [0.717, 1.165) is 19.6 Å². The molecule has 2 rings (SSSR count). The number of hydrogen-bond donors (Lipinski definition) is 1. The van der Waals surface area contributed by atoms with Crippen molar-refractivity contribution in [3.8, 4) is 0 Å². The highest BCUT2D eigenvalue weighted by Crippen LogP contribution is 2.28. The summed E-state index contributed by atoms with van der Waals surface area (Å²) in [7, 11) is 1.59. The number of piperazine rings is 1. The lowest BCUT2D eigenvalue weighted by molar-refractivity contribution is 0.182. The van der Waals surface area contributed by atoms with Crippen LogP contribution in [0.4, 0.5) is 5.69 Å². The molecule has 0 spiro atoms. The largest absolute Gasteiger partial charge is 0.383 e. The topological polar surface area (TPSA) is 59.4 Å². The van der Waals surface area contributed by atoms with Gasteiger partial charge in [0.2, 0.25) is 0 Å². The molecule has 1 aliphatic rings. The smallest absolute Gasteiger partial charge is 0.287 e. The van der Waals surface area contributed by atoms with Gasteiger partial charge in [0.05, 0.1) is 25.0 Å². The second kappa shape index (κ2) is 6.11. The van der Waals surface area contributed by atoms with Crippen molar-refractivity contribution < 1.29 is 4.74 Å². The lowest BCUT2D eigenvalue weighted by Crippen LogP contribution is -2.58. The van der Waals surface area contributed by atoms with Crippen molar-refractivity contribution in [3.05, 3.63) is 21.6 Å². The summed E-state index contributed by atoms with van der Waals surface area (Å²) in [5.74, 6) is 0. The molecule has 1 saturated heterocycles. The Morgan fingerprint density at radius 3 is 2.95 bits per heavy atom. The van der Waals surface area contributed by atoms with E-state index in [0.29, 0.717) is 18.8 Å². The third-order valence-corrected chi connectivity index (χ3v) is 3.92. The zero-order chi connectivity index (χ0) is 14.8. The minimum absolute atomic E-state index is 0.102. The van der Waals surface area contributed by atoms with Crippen LogP contribution in [0.3, 0.4) is 0 Å². The van der Waals surface area contributed by atoms with Crippen LogP contribution in [0.25, 0.3) is 0 Å². The predicted molar refractivity (Wildman–Crippen MR) is 79.7 cm³/mol. The van der Waals surface area contributed by atoms with Crippen LogP contribution in [-0.4, -0.2) is 48.7 Å². The quantitative estimate of drug-likeness (QED) is 0.888. The first-order valence-corrected chi connectivity index (χ1v) is 7.08. The number of halogens is 1. The van der Waals surface area contributed by atoms with Crippen molar-refractivity contribution in [1.82, 2.24) is 15.1 Å². The number of nitrogens with one attached hydrogen (secondary N) is 1. The van der Waals surface area contributed by atoms with Crippen LogP contribution in [0.2, 0.25) is 5.02 Å². The van der Waals surface area contributed by atoms with Crippen LogP contribution in [0, 0.1) is 0 Å². The highest BCUT2D eigenvalue weighted by molar-refractivity contribution is 6.33. The lowest BCUT2D eigenvalue weighted by Gasteiger charge is -2.44. The fourth-order valence-electron chi connectivity index (χ4n) is 2.41. The first kappa shape index (κ1) is 15.3. The maximum atomic E-state index is 12.2. The van der Waals surface area contributed by atoms with Gasteiger partial charge in [0.1, 0.15) is 5.02 Å². The fraction of sp³-hybridized carbons (Fsp3) is 0.692. The van der Waals surface area contributed by atoms with E-state index in [1.54, 1.807) is 13.3 Å². The molecule has 2 heterocycles. The summed E-state index contributed by atoms with van der Waals surface area (Å²) >= 11 is 6.26. The standard InChI is InChI=1S/C13H21ClN4O2/c1-13(2)9-15-4-5-17(13)10-8-16-18(6-7-20-3)12(19)11(10)14/h8,15H,4-7,9H2,1-3H3. The summed E-state index contributed by atoms with van der Waals surface area (Å²) in [4.78, 5) is 14.4. The van der Waals surface area contributed by atoms with Crippen LogP contribution < -0.4 is 15.8 Å². The summed E-state index contributed by atoms with van der Waals surface area (Å²) in [6.45, 7) is 7.58. The van der Waals surface area contributed by atoms with Crippen molar-refractivity contribution in [3.63, 3.8) is 0 Å². The van der Waals surface area contributed by atoms with E-state index in [1.807, 2.05) is 0 Å². The molecule has 0 aromatic carbocycles. The van der Waals surface area contributed by atoms with Gasteiger partial charge in [-0.1, -0.05) is 11.6 Å². The van der Waals surface area contributed by atoms with E-state index in [1.165, 1.54) is 4.68 Å². The molecule has 0 unspecified atom stereocenters. The highest BCUT2D eigenvalue weighted by atomic mass is 35.5. The van der Waals surface area contributed by atoms with Crippen molar-refractivity contribution in [2.24, 2.45) is 0 Å². The zero-order valence-electron chi connectivity index (χ0n) is 12.1. The Morgan fingerprint density at radius 1 is 1.55 bits per heavy atom. The van der Waals surface area contributed by atoms with Gasteiger partial charge in [-0.3, -0.25) is 4.79 Å². The number of ether oxygens (including phenoxy) is 1. The number of nitrogens with zero attached hydrogens (tertiary/aromatic N) is 3. The molecule has 1 fully saturated rings. The van der Waals surface area contributed by atoms with Crippen LogP contribution in [-0.2, 0) is 11.3 Å². The van der Waals surface area contributed by atoms with Crippen molar-refractivity contribution in [2.75, 3.05) is 38.3 Å². The van der Waals surface area contributed by atoms with Crippen LogP contribution >= 0.6 is 11.6 Å². The van der Waals surface area contributed by atoms with Gasteiger partial charge in [-0.25, -0.2) is 4.68 Å². The summed E-state index contributed by atoms with van der Waals surface area (Å²) in [6, 6.07) is 0. The second-order valence-corrected chi connectivity index (χ2v) is 5.88. The Labute approximate surface area is 123 Å². The maximum Gasteiger partial charge on any atom is 0.287 e. The third-order valence-electron chi connectivity index (χ3n) is 3.56. The molecule has 0 bridgehead atoms. The maximum absolute atomic E-state index is 12.2. The molecule has 112 valence electrons. The minimum Gasteiger partial charge on any atom is -0.383 e. The molecule has 1 N–H and O–H groups in total. The molecule has 1 aliphatic heterocycles. The molecule has 0 radical (unpaired) electrons. The normalized spacial score (nSPS) is 18.3. The highest BCUT2D eigenvalue weighted by Gasteiger charge is 2.31. The van der Waals surface area contributed by atoms with E-state index in [4.69, 9.17) is 16.3 Å². The monoisotopic (exact) mass is 300 g/mol. The molecule has 0 amide bonds. The summed E-state index contributed by atoms with van der Waals surface area (Å²) in [5, 5.41) is 7.77. The van der Waals surface area contributed by atoms with E-state index in [2.05, 4.69) is 29.2 Å². The molecule has 0 saturated carbocycles. The third kappa shape index (κ3) is 2.97. The number of hydrogen-bond acceptors (Lipinski definition) is 5. The van der Waals surface area contributed by atoms with E-state index in [9.17, 15) is 4.79 Å². The number of anilines is 1. The molecule has 6 nitrogen and oxygen atoms in total. The lowest BCUT2D eigenvalue weighted by atomic mass is 9.99. The van der Waals surface area contributed by atoms with Gasteiger partial charge in [-0.15, -0.1) is 0 Å². The van der Waals surface area contributed by atoms with Crippen molar-refractivity contribution in [1.29, 1.82) is 0 Å². The Balaban J connectivity index is 2.33. The molecule has 1 aromatic heterocycles. The minimum atomic E-state index is -0.268. The average molecular weight is 301 g/mol. The van der Waals surface area contributed by atoms with E-state index < -0.39 is 0 Å². The Kier molecular flexibility index (Phi) is 4.67. The van der Waals surface area contributed by atoms with Crippen LogP contribution in [0.5, 0.6) is 0 Å². The summed E-state index contributed by atoms with van der Waals surface area (Å²) in [6.07, 6.45) is 1.67. The van der Waals surface area contributed by atoms with Gasteiger partial charge < -0.3 is 15.0 Å². The summed E-state index contributed by atoms with van der Waals surface area (Å²) in [5.41, 5.74) is 0.335. The molecule has 20 heavy (non-hydrogen) atoms. The zero-order valence-corrected chi connectivity index (χ0v) is 12.9. The molecule has 7 heteroatoms. The Bertz CT molecular complexity index is 530. The van der Waals surface area contributed by atoms with E-state index >= 15 is 0 Å². The molecule has 0 aliphatic carbocycles. The number of rotatable bonds is 4. The average Bonchev–Trinajstić information content (AvgIpc) is 2.41. The van der Waals surface area contributed by atoms with Gasteiger partial charge in [-0.05, 0) is 13.8 Å². The number of aromatic nitrogens is 2. The molecular formula is C13H21ClN4O2. The van der Waals surface area contributed by atoms with Gasteiger partial charge >= 0.3 is 0 Å². The van der Waals surface area contributed by atoms with Crippen LogP contribution in [0.15, 0.2) is 11.0 Å². The van der Waals surface area contributed by atoms with Gasteiger partial charge in [0.25, 0.3) is 5.56 Å². The summed E-state index contributed by atoms with van der Waals surface area (Å²) < 4.78 is 6.30. The van der Waals surface area contributed by atoms with Crippen molar-refractivity contribution in [2.45, 2.75) is 25.9 Å². The SMILES string of the molecule is COCCn1ncc(N2CCNCC2(C)C)c(Cl)c1=O. The van der Waals surface area contributed by atoms with Gasteiger partial charge in [-0.2, -0.15) is 5.10 Å². The van der Waals surface area contributed by atoms with Gasteiger partial charge in [0.15, 0.2) is 0 Å². The predicted octanol–water partition coefficient (Wildman–Crippen LogP) is 0.731. The first-order chi connectivity index (χ1) is 9.47. The van der Waals surface area contributed by atoms with E-state index in [-0.39, 0.29) is 16.1 Å². The van der Waals surface area contributed by atoms with Gasteiger partial charge in [0, 0.05) is 32.3 Å². The molecule has 0 atom stereocenters. The number of methoxy groups -OCH3 is 1. The first-order valence-electron chi connectivity index (χ1n) is 6.70. The van der Waals surface area contributed by atoms with Crippen molar-refractivity contribution >= 4 is 17.3 Å². The Hall–Kier alpha value is -1.11. The second-order valence-electron chi connectivity index (χ2n) is 5.51. The Morgan fingerprint density at radius 2 is 2.30 bits per heavy atom. The molecular weight excluding hydrogens is 280 g/mol. The van der Waals surface area contributed by atoms with Crippen LogP contribution in [0.1, 0.15) is 13.8 Å². The fourth-order valence-corrected chi connectivity index (χ4v) is 2.66.